The average molecular weight is 209 g/mol. The van der Waals surface area contributed by atoms with E-state index in [1.165, 1.54) is 0 Å². The number of sulfonamides is 1. The lowest BCUT2D eigenvalue weighted by Gasteiger charge is -2.21. The molecule has 0 aromatic rings. The van der Waals surface area contributed by atoms with Crippen LogP contribution in [-0.4, -0.2) is 40.2 Å². The van der Waals surface area contributed by atoms with Gasteiger partial charge in [-0.05, 0) is 6.92 Å². The van der Waals surface area contributed by atoms with Gasteiger partial charge in [-0.1, -0.05) is 0 Å². The van der Waals surface area contributed by atoms with E-state index in [0.29, 0.717) is 26.2 Å². The Balaban J connectivity index is 2.26. The summed E-state index contributed by atoms with van der Waals surface area (Å²) < 4.78 is 34.4. The van der Waals surface area contributed by atoms with Crippen molar-refractivity contribution in [3.63, 3.8) is 0 Å². The third kappa shape index (κ3) is 4.04. The summed E-state index contributed by atoms with van der Waals surface area (Å²) in [4.78, 5) is 0. The van der Waals surface area contributed by atoms with Crippen molar-refractivity contribution in [3.05, 3.63) is 0 Å². The van der Waals surface area contributed by atoms with E-state index in [4.69, 9.17) is 9.47 Å². The lowest BCUT2D eigenvalue weighted by Crippen LogP contribution is -2.33. The monoisotopic (exact) mass is 209 g/mol. The molecular formula is C7H15NO4S. The molecule has 78 valence electrons. The molecule has 0 unspecified atom stereocenters. The van der Waals surface area contributed by atoms with E-state index in [9.17, 15) is 8.42 Å². The summed E-state index contributed by atoms with van der Waals surface area (Å²) in [6.45, 7) is 3.31. The van der Waals surface area contributed by atoms with Gasteiger partial charge in [0.2, 0.25) is 10.0 Å². The van der Waals surface area contributed by atoms with Crippen molar-refractivity contribution in [2.45, 2.75) is 19.1 Å². The smallest absolute Gasteiger partial charge is 0.208 e. The van der Waals surface area contributed by atoms with Gasteiger partial charge < -0.3 is 9.47 Å². The van der Waals surface area contributed by atoms with Gasteiger partial charge in [-0.3, -0.25) is 0 Å². The third-order valence-electron chi connectivity index (χ3n) is 1.84. The van der Waals surface area contributed by atoms with Gasteiger partial charge in [-0.25, -0.2) is 13.1 Å². The summed E-state index contributed by atoms with van der Waals surface area (Å²) in [5, 5.41) is 0. The maximum absolute atomic E-state index is 10.7. The molecule has 0 saturated carbocycles. The molecule has 0 atom stereocenters. The lowest BCUT2D eigenvalue weighted by molar-refractivity contribution is -0.145. The summed E-state index contributed by atoms with van der Waals surface area (Å²) in [6.07, 6.45) is 1.66. The van der Waals surface area contributed by atoms with Crippen molar-refractivity contribution in [1.82, 2.24) is 4.72 Å². The molecule has 0 spiro atoms. The maximum Gasteiger partial charge on any atom is 0.208 e. The minimum atomic E-state index is -3.10. The van der Waals surface area contributed by atoms with Gasteiger partial charge in [0.05, 0.1) is 19.5 Å². The van der Waals surface area contributed by atoms with E-state index in [1.807, 2.05) is 6.92 Å². The van der Waals surface area contributed by atoms with Crippen LogP contribution >= 0.6 is 0 Å². The van der Waals surface area contributed by atoms with Crippen molar-refractivity contribution < 1.29 is 17.9 Å². The van der Waals surface area contributed by atoms with E-state index < -0.39 is 15.8 Å². The highest BCUT2D eigenvalue weighted by atomic mass is 32.2. The van der Waals surface area contributed by atoms with E-state index in [0.717, 1.165) is 6.26 Å². The summed E-state index contributed by atoms with van der Waals surface area (Å²) in [5.41, 5.74) is 0. The standard InChI is InChI=1S/C7H15NO4S/c1-7(11-5-6-12-7)3-4-8-13(2,9)10/h8H,3-6H2,1-2H3. The normalized spacial score (nSPS) is 22.0. The molecule has 1 N–H and O–H groups in total. The van der Waals surface area contributed by atoms with Gasteiger partial charge in [-0.15, -0.1) is 0 Å². The predicted octanol–water partition coefficient (Wildman–Crippen LogP) is -0.311. The fraction of sp³-hybridized carbons (Fsp3) is 1.00. The molecule has 5 nitrogen and oxygen atoms in total. The minimum Gasteiger partial charge on any atom is -0.348 e. The average Bonchev–Trinajstić information content (AvgIpc) is 2.33. The van der Waals surface area contributed by atoms with E-state index in [-0.39, 0.29) is 0 Å². The first-order chi connectivity index (χ1) is 5.91. The summed E-state index contributed by atoms with van der Waals surface area (Å²) in [7, 11) is -3.10. The molecule has 1 rings (SSSR count). The van der Waals surface area contributed by atoms with Crippen LogP contribution < -0.4 is 4.72 Å². The molecule has 1 heterocycles. The second-order valence-corrected chi connectivity index (χ2v) is 5.08. The van der Waals surface area contributed by atoms with Crippen molar-refractivity contribution in [3.8, 4) is 0 Å². The van der Waals surface area contributed by atoms with Crippen LogP contribution in [0.25, 0.3) is 0 Å². The molecule has 13 heavy (non-hydrogen) atoms. The number of nitrogens with one attached hydrogen (secondary N) is 1. The Morgan fingerprint density at radius 3 is 2.38 bits per heavy atom. The fourth-order valence-electron chi connectivity index (χ4n) is 1.16. The zero-order chi connectivity index (χ0) is 9.95. The molecular weight excluding hydrogens is 194 g/mol. The van der Waals surface area contributed by atoms with Crippen molar-refractivity contribution in [1.29, 1.82) is 0 Å². The molecule has 0 aliphatic carbocycles. The Morgan fingerprint density at radius 2 is 1.92 bits per heavy atom. The van der Waals surface area contributed by atoms with Gasteiger partial charge >= 0.3 is 0 Å². The van der Waals surface area contributed by atoms with Gasteiger partial charge in [-0.2, -0.15) is 0 Å². The van der Waals surface area contributed by atoms with E-state index in [2.05, 4.69) is 4.72 Å². The largest absolute Gasteiger partial charge is 0.348 e. The van der Waals surface area contributed by atoms with E-state index >= 15 is 0 Å². The van der Waals surface area contributed by atoms with Crippen LogP contribution in [0.4, 0.5) is 0 Å². The molecule has 0 amide bonds. The number of rotatable bonds is 4. The molecule has 0 bridgehead atoms. The number of hydrogen-bond donors (Lipinski definition) is 1. The van der Waals surface area contributed by atoms with Crippen LogP contribution in [0.5, 0.6) is 0 Å². The third-order valence-corrected chi connectivity index (χ3v) is 2.57. The van der Waals surface area contributed by atoms with Crippen LogP contribution in [-0.2, 0) is 19.5 Å². The van der Waals surface area contributed by atoms with Crippen LogP contribution in [0, 0.1) is 0 Å². The molecule has 1 aliphatic heterocycles. The Bertz CT molecular complexity index is 256. The molecule has 1 aliphatic rings. The predicted molar refractivity (Wildman–Crippen MR) is 47.8 cm³/mol. The van der Waals surface area contributed by atoms with Crippen LogP contribution in [0.2, 0.25) is 0 Å². The molecule has 1 fully saturated rings. The Morgan fingerprint density at radius 1 is 1.38 bits per heavy atom. The molecule has 0 aromatic heterocycles. The first-order valence-corrected chi connectivity index (χ1v) is 6.03. The minimum absolute atomic E-state index is 0.343. The van der Waals surface area contributed by atoms with E-state index in [1.54, 1.807) is 0 Å². The first kappa shape index (κ1) is 10.9. The number of ether oxygens (including phenoxy) is 2. The zero-order valence-corrected chi connectivity index (χ0v) is 8.69. The highest BCUT2D eigenvalue weighted by molar-refractivity contribution is 7.88. The molecule has 1 saturated heterocycles. The van der Waals surface area contributed by atoms with Crippen LogP contribution in [0.15, 0.2) is 0 Å². The summed E-state index contributed by atoms with van der Waals surface area (Å²) >= 11 is 0. The summed E-state index contributed by atoms with van der Waals surface area (Å²) in [6, 6.07) is 0. The van der Waals surface area contributed by atoms with Crippen LogP contribution in [0.1, 0.15) is 13.3 Å². The Kier molecular flexibility index (Phi) is 3.28. The molecule has 0 aromatic carbocycles. The highest BCUT2D eigenvalue weighted by Gasteiger charge is 2.30. The first-order valence-electron chi connectivity index (χ1n) is 4.14. The number of hydrogen-bond acceptors (Lipinski definition) is 4. The van der Waals surface area contributed by atoms with Gasteiger partial charge in [0, 0.05) is 13.0 Å². The highest BCUT2D eigenvalue weighted by Crippen LogP contribution is 2.21. The maximum atomic E-state index is 10.7. The van der Waals surface area contributed by atoms with Crippen molar-refractivity contribution >= 4 is 10.0 Å². The quantitative estimate of drug-likeness (QED) is 0.689. The second-order valence-electron chi connectivity index (χ2n) is 3.25. The van der Waals surface area contributed by atoms with Crippen molar-refractivity contribution in [2.24, 2.45) is 0 Å². The summed E-state index contributed by atoms with van der Waals surface area (Å²) in [5.74, 6) is -0.613. The van der Waals surface area contributed by atoms with Gasteiger partial charge in [0.1, 0.15) is 0 Å². The van der Waals surface area contributed by atoms with Crippen molar-refractivity contribution in [2.75, 3.05) is 26.0 Å². The topological polar surface area (TPSA) is 64.6 Å². The second kappa shape index (κ2) is 3.91. The van der Waals surface area contributed by atoms with Gasteiger partial charge in [0.15, 0.2) is 5.79 Å². The van der Waals surface area contributed by atoms with Crippen LogP contribution in [0.3, 0.4) is 0 Å². The zero-order valence-electron chi connectivity index (χ0n) is 7.87. The Hall–Kier alpha value is -0.170. The fourth-order valence-corrected chi connectivity index (χ4v) is 1.64. The molecule has 6 heteroatoms. The Labute approximate surface area is 78.5 Å². The SMILES string of the molecule is CC1(CCNS(C)(=O)=O)OCCO1. The molecule has 0 radical (unpaired) electrons. The van der Waals surface area contributed by atoms with Gasteiger partial charge in [0.25, 0.3) is 0 Å². The lowest BCUT2D eigenvalue weighted by atomic mass is 10.2.